The van der Waals surface area contributed by atoms with Gasteiger partial charge in [0.2, 0.25) is 0 Å². The Morgan fingerprint density at radius 3 is 2.83 bits per heavy atom. The maximum Gasteiger partial charge on any atom is 0.328 e. The fraction of sp³-hybridized carbons (Fsp3) is 0.154. The molecule has 1 aromatic rings. The first kappa shape index (κ1) is 14.1. The van der Waals surface area contributed by atoms with Crippen LogP contribution in [0.25, 0.3) is 6.08 Å². The van der Waals surface area contributed by atoms with Crippen molar-refractivity contribution in [3.8, 4) is 11.5 Å². The quantitative estimate of drug-likeness (QED) is 0.806. The smallest absolute Gasteiger partial charge is 0.328 e. The van der Waals surface area contributed by atoms with E-state index in [1.807, 2.05) is 0 Å². The second kappa shape index (κ2) is 6.71. The maximum absolute atomic E-state index is 10.5. The van der Waals surface area contributed by atoms with E-state index in [0.29, 0.717) is 22.1 Å². The Bertz CT molecular complexity index is 480. The zero-order valence-electron chi connectivity index (χ0n) is 9.85. The molecule has 0 aliphatic heterocycles. The van der Waals surface area contributed by atoms with Gasteiger partial charge in [-0.3, -0.25) is 0 Å². The topological polar surface area (TPSA) is 55.8 Å². The summed E-state index contributed by atoms with van der Waals surface area (Å²) in [5.41, 5.74) is 0.592. The van der Waals surface area contributed by atoms with Crippen molar-refractivity contribution in [1.29, 1.82) is 0 Å². The van der Waals surface area contributed by atoms with Gasteiger partial charge in [0, 0.05) is 16.7 Å². The van der Waals surface area contributed by atoms with Gasteiger partial charge in [-0.2, -0.15) is 0 Å². The first-order chi connectivity index (χ1) is 8.54. The zero-order chi connectivity index (χ0) is 13.5. The third-order valence-corrected chi connectivity index (χ3v) is 2.12. The van der Waals surface area contributed by atoms with Gasteiger partial charge in [-0.05, 0) is 12.1 Å². The number of para-hydroxylation sites is 1. The molecule has 0 fully saturated rings. The molecule has 0 aliphatic carbocycles. The summed E-state index contributed by atoms with van der Waals surface area (Å²) < 4.78 is 10.6. The molecule has 1 N–H and O–H groups in total. The SMILES string of the molecule is C=C(Cl)COc1c(/C=C/C(=O)O)cccc1OC. The highest BCUT2D eigenvalue weighted by molar-refractivity contribution is 6.29. The zero-order valence-corrected chi connectivity index (χ0v) is 10.6. The summed E-state index contributed by atoms with van der Waals surface area (Å²) in [4.78, 5) is 10.5. The van der Waals surface area contributed by atoms with Gasteiger partial charge in [-0.1, -0.05) is 30.3 Å². The van der Waals surface area contributed by atoms with Crippen molar-refractivity contribution in [1.82, 2.24) is 0 Å². The van der Waals surface area contributed by atoms with Crippen LogP contribution < -0.4 is 9.47 Å². The highest BCUT2D eigenvalue weighted by Gasteiger charge is 2.09. The molecule has 0 radical (unpaired) electrons. The minimum atomic E-state index is -1.04. The number of hydrogen-bond donors (Lipinski definition) is 1. The fourth-order valence-electron chi connectivity index (χ4n) is 1.29. The Balaban J connectivity index is 3.07. The molecule has 0 spiro atoms. The molecule has 0 saturated carbocycles. The highest BCUT2D eigenvalue weighted by Crippen LogP contribution is 2.32. The Kier molecular flexibility index (Phi) is 5.27. The standard InChI is InChI=1S/C13H13ClO4/c1-9(14)8-18-13-10(6-7-12(15)16)4-3-5-11(13)17-2/h3-7H,1,8H2,2H3,(H,15,16)/b7-6+. The summed E-state index contributed by atoms with van der Waals surface area (Å²) in [6, 6.07) is 5.17. The largest absolute Gasteiger partial charge is 0.493 e. The molecule has 0 amide bonds. The average Bonchev–Trinajstić information content (AvgIpc) is 2.33. The van der Waals surface area contributed by atoms with Crippen LogP contribution in [0.3, 0.4) is 0 Å². The predicted molar refractivity (Wildman–Crippen MR) is 70.2 cm³/mol. The Hall–Kier alpha value is -1.94. The number of ether oxygens (including phenoxy) is 2. The molecule has 0 heterocycles. The van der Waals surface area contributed by atoms with Gasteiger partial charge < -0.3 is 14.6 Å². The molecule has 0 unspecified atom stereocenters. The number of benzene rings is 1. The number of hydrogen-bond acceptors (Lipinski definition) is 3. The molecule has 4 nitrogen and oxygen atoms in total. The average molecular weight is 269 g/mol. The summed E-state index contributed by atoms with van der Waals surface area (Å²) in [6.07, 6.45) is 2.45. The second-order valence-electron chi connectivity index (χ2n) is 3.36. The van der Waals surface area contributed by atoms with Crippen LogP contribution in [0.2, 0.25) is 0 Å². The Labute approximate surface area is 110 Å². The highest BCUT2D eigenvalue weighted by atomic mass is 35.5. The van der Waals surface area contributed by atoms with Gasteiger partial charge in [-0.15, -0.1) is 0 Å². The predicted octanol–water partition coefficient (Wildman–Crippen LogP) is 2.92. The van der Waals surface area contributed by atoms with Crippen LogP contribution in [0.1, 0.15) is 5.56 Å². The Morgan fingerprint density at radius 2 is 2.28 bits per heavy atom. The van der Waals surface area contributed by atoms with Crippen LogP contribution in [0.15, 0.2) is 35.9 Å². The third kappa shape index (κ3) is 4.14. The molecule has 0 bridgehead atoms. The lowest BCUT2D eigenvalue weighted by molar-refractivity contribution is -0.131. The van der Waals surface area contributed by atoms with Crippen LogP contribution >= 0.6 is 11.6 Å². The van der Waals surface area contributed by atoms with E-state index in [9.17, 15) is 4.79 Å². The summed E-state index contributed by atoms with van der Waals surface area (Å²) >= 11 is 5.63. The minimum absolute atomic E-state index is 0.121. The van der Waals surface area contributed by atoms with Crippen molar-refractivity contribution in [3.05, 3.63) is 41.4 Å². The number of carboxylic acid groups (broad SMARTS) is 1. The molecule has 0 saturated heterocycles. The first-order valence-electron chi connectivity index (χ1n) is 5.08. The van der Waals surface area contributed by atoms with Gasteiger partial charge in [0.05, 0.1) is 7.11 Å². The molecule has 1 rings (SSSR count). The van der Waals surface area contributed by atoms with Crippen molar-refractivity contribution in [2.24, 2.45) is 0 Å². The van der Waals surface area contributed by atoms with E-state index in [0.717, 1.165) is 6.08 Å². The van der Waals surface area contributed by atoms with Crippen molar-refractivity contribution in [2.45, 2.75) is 0 Å². The van der Waals surface area contributed by atoms with Crippen LogP contribution in [0.4, 0.5) is 0 Å². The summed E-state index contributed by atoms with van der Waals surface area (Å²) in [6.45, 7) is 3.64. The number of rotatable bonds is 6. The van der Waals surface area contributed by atoms with Crippen LogP contribution in [0.5, 0.6) is 11.5 Å². The van der Waals surface area contributed by atoms with E-state index >= 15 is 0 Å². The number of carbonyl (C=O) groups is 1. The number of halogens is 1. The monoisotopic (exact) mass is 268 g/mol. The molecular weight excluding hydrogens is 256 g/mol. The molecule has 96 valence electrons. The molecular formula is C13H13ClO4. The minimum Gasteiger partial charge on any atom is -0.493 e. The summed E-state index contributed by atoms with van der Waals surface area (Å²) in [5.74, 6) is -0.106. The van der Waals surface area contributed by atoms with Crippen LogP contribution in [-0.4, -0.2) is 24.8 Å². The lowest BCUT2D eigenvalue weighted by atomic mass is 10.1. The van der Waals surface area contributed by atoms with Gasteiger partial charge in [0.1, 0.15) is 6.61 Å². The Morgan fingerprint density at radius 1 is 1.56 bits per heavy atom. The number of aliphatic carboxylic acids is 1. The van der Waals surface area contributed by atoms with E-state index in [4.69, 9.17) is 26.2 Å². The summed E-state index contributed by atoms with van der Waals surface area (Å²) in [7, 11) is 1.50. The van der Waals surface area contributed by atoms with E-state index in [-0.39, 0.29) is 6.61 Å². The van der Waals surface area contributed by atoms with Crippen molar-refractivity contribution >= 4 is 23.6 Å². The van der Waals surface area contributed by atoms with Crippen molar-refractivity contribution in [3.63, 3.8) is 0 Å². The van der Waals surface area contributed by atoms with Crippen molar-refractivity contribution < 1.29 is 19.4 Å². The normalized spacial score (nSPS) is 10.3. The molecule has 5 heteroatoms. The molecule has 1 aromatic carbocycles. The van der Waals surface area contributed by atoms with Crippen molar-refractivity contribution in [2.75, 3.05) is 13.7 Å². The van der Waals surface area contributed by atoms with Gasteiger partial charge in [0.15, 0.2) is 11.5 Å². The van der Waals surface area contributed by atoms with Gasteiger partial charge in [-0.25, -0.2) is 4.79 Å². The van der Waals surface area contributed by atoms with E-state index < -0.39 is 5.97 Å². The van der Waals surface area contributed by atoms with E-state index in [1.165, 1.54) is 13.2 Å². The van der Waals surface area contributed by atoms with E-state index in [2.05, 4.69) is 6.58 Å². The number of methoxy groups -OCH3 is 1. The first-order valence-corrected chi connectivity index (χ1v) is 5.46. The third-order valence-electron chi connectivity index (χ3n) is 2.01. The molecule has 0 aliphatic rings. The van der Waals surface area contributed by atoms with Gasteiger partial charge in [0.25, 0.3) is 0 Å². The molecule has 18 heavy (non-hydrogen) atoms. The lowest BCUT2D eigenvalue weighted by Gasteiger charge is -2.12. The van der Waals surface area contributed by atoms with Crippen LogP contribution in [-0.2, 0) is 4.79 Å². The molecule has 0 atom stereocenters. The second-order valence-corrected chi connectivity index (χ2v) is 3.89. The fourth-order valence-corrected chi connectivity index (χ4v) is 1.35. The summed E-state index contributed by atoms with van der Waals surface area (Å²) in [5, 5.41) is 8.96. The van der Waals surface area contributed by atoms with Crippen LogP contribution in [0, 0.1) is 0 Å². The lowest BCUT2D eigenvalue weighted by Crippen LogP contribution is -2.00. The van der Waals surface area contributed by atoms with E-state index in [1.54, 1.807) is 18.2 Å². The molecule has 0 aromatic heterocycles. The maximum atomic E-state index is 10.5. The number of carboxylic acids is 1. The van der Waals surface area contributed by atoms with Gasteiger partial charge >= 0.3 is 5.97 Å².